The molecule has 0 fully saturated rings. The number of benzene rings is 2. The van der Waals surface area contributed by atoms with Crippen molar-refractivity contribution < 1.29 is 24.2 Å². The first-order chi connectivity index (χ1) is 11.8. The number of carbonyl (C=O) groups excluding carboxylic acids is 1. The fourth-order valence-electron chi connectivity index (χ4n) is 2.36. The maximum absolute atomic E-state index is 12.5. The van der Waals surface area contributed by atoms with Crippen LogP contribution in [0.3, 0.4) is 0 Å². The molecule has 0 atom stereocenters. The molecule has 25 heavy (non-hydrogen) atoms. The van der Waals surface area contributed by atoms with Crippen LogP contribution in [0.5, 0.6) is 11.5 Å². The summed E-state index contributed by atoms with van der Waals surface area (Å²) in [4.78, 5) is 23.8. The van der Waals surface area contributed by atoms with E-state index in [4.69, 9.17) is 9.47 Å². The molecule has 0 bridgehead atoms. The molecule has 0 radical (unpaired) electrons. The van der Waals surface area contributed by atoms with Gasteiger partial charge in [-0.1, -0.05) is 18.2 Å². The average Bonchev–Trinajstić information content (AvgIpc) is 2.61. The number of methoxy groups -OCH3 is 2. The Morgan fingerprint density at radius 2 is 1.64 bits per heavy atom. The zero-order valence-corrected chi connectivity index (χ0v) is 14.6. The van der Waals surface area contributed by atoms with Crippen molar-refractivity contribution in [2.45, 2.75) is 19.3 Å². The summed E-state index contributed by atoms with van der Waals surface area (Å²) >= 11 is 0. The van der Waals surface area contributed by atoms with Crippen molar-refractivity contribution in [3.63, 3.8) is 0 Å². The second-order valence-electron chi connectivity index (χ2n) is 6.00. The van der Waals surface area contributed by atoms with Gasteiger partial charge in [0.25, 0.3) is 5.91 Å². The highest BCUT2D eigenvalue weighted by atomic mass is 16.5. The monoisotopic (exact) mass is 343 g/mol. The first-order valence-corrected chi connectivity index (χ1v) is 7.67. The highest BCUT2D eigenvalue weighted by molar-refractivity contribution is 6.06. The predicted molar refractivity (Wildman–Crippen MR) is 94.6 cm³/mol. The number of hydrogen-bond donors (Lipinski definition) is 2. The number of carbonyl (C=O) groups is 2. The van der Waals surface area contributed by atoms with E-state index >= 15 is 0 Å². The van der Waals surface area contributed by atoms with Gasteiger partial charge in [0, 0.05) is 5.69 Å². The third-order valence-electron chi connectivity index (χ3n) is 4.05. The molecule has 2 N–H and O–H groups in total. The van der Waals surface area contributed by atoms with E-state index in [9.17, 15) is 14.7 Å². The number of nitrogens with one attached hydrogen (secondary N) is 1. The van der Waals surface area contributed by atoms with Crippen LogP contribution in [-0.4, -0.2) is 31.2 Å². The van der Waals surface area contributed by atoms with Gasteiger partial charge in [-0.25, -0.2) is 0 Å². The second-order valence-corrected chi connectivity index (χ2v) is 6.00. The minimum absolute atomic E-state index is 0.344. The van der Waals surface area contributed by atoms with Gasteiger partial charge in [-0.2, -0.15) is 0 Å². The molecule has 1 amide bonds. The standard InChI is InChI=1S/C19H21NO5/c1-19(2,18(22)23)12-8-10-13(11-9-12)20-17(21)14-6-5-7-15(24-3)16(14)25-4/h5-11H,1-4H3,(H,20,21)(H,22,23). The van der Waals surface area contributed by atoms with Gasteiger partial charge in [0.05, 0.1) is 25.2 Å². The topological polar surface area (TPSA) is 84.9 Å². The molecule has 0 heterocycles. The van der Waals surface area contributed by atoms with Crippen molar-refractivity contribution in [1.82, 2.24) is 0 Å². The first kappa shape index (κ1) is 18.3. The molecule has 0 unspecified atom stereocenters. The lowest BCUT2D eigenvalue weighted by atomic mass is 9.85. The second kappa shape index (κ2) is 7.25. The van der Waals surface area contributed by atoms with Gasteiger partial charge >= 0.3 is 5.97 Å². The van der Waals surface area contributed by atoms with E-state index in [1.165, 1.54) is 14.2 Å². The minimum Gasteiger partial charge on any atom is -0.493 e. The lowest BCUT2D eigenvalue weighted by Gasteiger charge is -2.20. The average molecular weight is 343 g/mol. The normalized spacial score (nSPS) is 10.9. The summed E-state index contributed by atoms with van der Waals surface area (Å²) in [6.45, 7) is 3.26. The van der Waals surface area contributed by atoms with Gasteiger partial charge < -0.3 is 19.9 Å². The summed E-state index contributed by atoms with van der Waals surface area (Å²) in [6.07, 6.45) is 0. The number of ether oxygens (including phenoxy) is 2. The van der Waals surface area contributed by atoms with E-state index in [2.05, 4.69) is 5.32 Å². The van der Waals surface area contributed by atoms with Crippen LogP contribution >= 0.6 is 0 Å². The van der Waals surface area contributed by atoms with Crippen molar-refractivity contribution in [1.29, 1.82) is 0 Å². The number of rotatable bonds is 6. The number of amides is 1. The zero-order chi connectivity index (χ0) is 18.6. The molecule has 6 heteroatoms. The number of aliphatic carboxylic acids is 1. The molecule has 0 aliphatic rings. The van der Waals surface area contributed by atoms with Gasteiger partial charge in [0.1, 0.15) is 0 Å². The summed E-state index contributed by atoms with van der Waals surface area (Å²) in [5, 5.41) is 12.0. The third kappa shape index (κ3) is 3.74. The maximum Gasteiger partial charge on any atom is 0.313 e. The molecule has 2 aromatic rings. The van der Waals surface area contributed by atoms with Gasteiger partial charge in [0.2, 0.25) is 0 Å². The van der Waals surface area contributed by atoms with Crippen molar-refractivity contribution in [2.75, 3.05) is 19.5 Å². The van der Waals surface area contributed by atoms with Crippen LogP contribution in [-0.2, 0) is 10.2 Å². The Labute approximate surface area is 146 Å². The Morgan fingerprint density at radius 1 is 1.00 bits per heavy atom. The van der Waals surface area contributed by atoms with Crippen molar-refractivity contribution >= 4 is 17.6 Å². The minimum atomic E-state index is -1.00. The number of carboxylic acid groups (broad SMARTS) is 1. The van der Waals surface area contributed by atoms with Crippen molar-refractivity contribution in [2.24, 2.45) is 0 Å². The van der Waals surface area contributed by atoms with Gasteiger partial charge in [-0.3, -0.25) is 9.59 Å². The summed E-state index contributed by atoms with van der Waals surface area (Å²) in [5.74, 6) is -0.439. The predicted octanol–water partition coefficient (Wildman–Crippen LogP) is 3.32. The molecule has 0 saturated carbocycles. The fraction of sp³-hybridized carbons (Fsp3) is 0.263. The summed E-state index contributed by atoms with van der Waals surface area (Å²) in [5.41, 5.74) is 0.548. The molecule has 132 valence electrons. The molecular formula is C19H21NO5. The number of anilines is 1. The molecule has 0 spiro atoms. The van der Waals surface area contributed by atoms with Crippen LogP contribution in [0.1, 0.15) is 29.8 Å². The van der Waals surface area contributed by atoms with Gasteiger partial charge in [-0.15, -0.1) is 0 Å². The molecule has 2 aromatic carbocycles. The highest BCUT2D eigenvalue weighted by Crippen LogP contribution is 2.31. The van der Waals surface area contributed by atoms with E-state index in [-0.39, 0.29) is 5.91 Å². The molecular weight excluding hydrogens is 322 g/mol. The van der Waals surface area contributed by atoms with E-state index in [1.54, 1.807) is 56.3 Å². The number of para-hydroxylation sites is 1. The van der Waals surface area contributed by atoms with Crippen LogP contribution < -0.4 is 14.8 Å². The first-order valence-electron chi connectivity index (χ1n) is 7.67. The summed E-state index contributed by atoms with van der Waals surface area (Å²) in [7, 11) is 2.97. The Hall–Kier alpha value is -3.02. The molecule has 0 aliphatic heterocycles. The van der Waals surface area contributed by atoms with Crippen LogP contribution in [0.25, 0.3) is 0 Å². The zero-order valence-electron chi connectivity index (χ0n) is 14.6. The lowest BCUT2D eigenvalue weighted by Crippen LogP contribution is -2.28. The van der Waals surface area contributed by atoms with E-state index in [1.807, 2.05) is 0 Å². The lowest BCUT2D eigenvalue weighted by molar-refractivity contribution is -0.142. The molecule has 6 nitrogen and oxygen atoms in total. The Bertz CT molecular complexity index is 781. The Morgan fingerprint density at radius 3 is 2.16 bits per heavy atom. The molecule has 0 saturated heterocycles. The largest absolute Gasteiger partial charge is 0.493 e. The molecule has 2 rings (SSSR count). The van der Waals surface area contributed by atoms with Crippen LogP contribution in [0.15, 0.2) is 42.5 Å². The smallest absolute Gasteiger partial charge is 0.313 e. The van der Waals surface area contributed by atoms with Gasteiger partial charge in [0.15, 0.2) is 11.5 Å². The van der Waals surface area contributed by atoms with E-state index in [0.717, 1.165) is 0 Å². The van der Waals surface area contributed by atoms with Gasteiger partial charge in [-0.05, 0) is 43.7 Å². The van der Waals surface area contributed by atoms with E-state index < -0.39 is 11.4 Å². The van der Waals surface area contributed by atoms with E-state index in [0.29, 0.717) is 28.3 Å². The number of carboxylic acids is 1. The molecule has 0 aliphatic carbocycles. The summed E-state index contributed by atoms with van der Waals surface area (Å²) < 4.78 is 10.5. The quantitative estimate of drug-likeness (QED) is 0.840. The Kier molecular flexibility index (Phi) is 5.32. The molecule has 0 aromatic heterocycles. The van der Waals surface area contributed by atoms with Crippen molar-refractivity contribution in [3.8, 4) is 11.5 Å². The van der Waals surface area contributed by atoms with Crippen LogP contribution in [0.4, 0.5) is 5.69 Å². The third-order valence-corrected chi connectivity index (χ3v) is 4.05. The summed E-state index contributed by atoms with van der Waals surface area (Å²) in [6, 6.07) is 11.8. The van der Waals surface area contributed by atoms with Crippen LogP contribution in [0, 0.1) is 0 Å². The van der Waals surface area contributed by atoms with Crippen LogP contribution in [0.2, 0.25) is 0 Å². The number of hydrogen-bond acceptors (Lipinski definition) is 4. The SMILES string of the molecule is COc1cccc(C(=O)Nc2ccc(C(C)(C)C(=O)O)cc2)c1OC. The highest BCUT2D eigenvalue weighted by Gasteiger charge is 2.29. The Balaban J connectivity index is 2.23. The van der Waals surface area contributed by atoms with Crippen molar-refractivity contribution in [3.05, 3.63) is 53.6 Å². The maximum atomic E-state index is 12.5. The fourth-order valence-corrected chi connectivity index (χ4v) is 2.36.